The molecule has 1 saturated carbocycles. The van der Waals surface area contributed by atoms with Crippen molar-refractivity contribution in [3.63, 3.8) is 0 Å². The third kappa shape index (κ3) is 3.41. The molecule has 8 heteroatoms. The third-order valence-corrected chi connectivity index (χ3v) is 6.43. The van der Waals surface area contributed by atoms with E-state index in [1.54, 1.807) is 12.4 Å². The zero-order valence-electron chi connectivity index (χ0n) is 17.0. The molecule has 3 heterocycles. The summed E-state index contributed by atoms with van der Waals surface area (Å²) in [6.45, 7) is 3.57. The zero-order valence-corrected chi connectivity index (χ0v) is 17.0. The van der Waals surface area contributed by atoms with E-state index >= 15 is 0 Å². The molecule has 8 nitrogen and oxygen atoms in total. The number of β-amino-alcohol motifs (C(OH)–C–C–N with tert-alkyl or cyclic N) is 1. The van der Waals surface area contributed by atoms with Crippen LogP contribution in [0, 0.1) is 5.92 Å². The van der Waals surface area contributed by atoms with Gasteiger partial charge in [0.15, 0.2) is 5.82 Å². The fraction of sp³-hybridized carbons (Fsp3) is 0.455. The summed E-state index contributed by atoms with van der Waals surface area (Å²) in [7, 11) is 0. The first kappa shape index (κ1) is 19.0. The molecule has 3 aromatic rings. The van der Waals surface area contributed by atoms with Gasteiger partial charge in [0.1, 0.15) is 0 Å². The Labute approximate surface area is 175 Å². The number of piperidine rings is 1. The zero-order chi connectivity index (χ0) is 20.7. The highest BCUT2D eigenvalue weighted by atomic mass is 16.5. The summed E-state index contributed by atoms with van der Waals surface area (Å²) in [5.41, 5.74) is 8.40. The Morgan fingerprint density at radius 1 is 1.10 bits per heavy atom. The molecule has 1 aromatic carbocycles. The van der Waals surface area contributed by atoms with Crippen LogP contribution in [-0.4, -0.2) is 44.4 Å². The molecule has 0 amide bonds. The van der Waals surface area contributed by atoms with Crippen molar-refractivity contribution in [1.82, 2.24) is 20.1 Å². The third-order valence-electron chi connectivity index (χ3n) is 6.43. The number of rotatable bonds is 5. The first-order chi connectivity index (χ1) is 14.5. The summed E-state index contributed by atoms with van der Waals surface area (Å²) >= 11 is 0. The number of hydrogen-bond donors (Lipinski definition) is 2. The van der Waals surface area contributed by atoms with Crippen LogP contribution in [0.5, 0.6) is 0 Å². The largest absolute Gasteiger partial charge is 0.391 e. The monoisotopic (exact) mass is 406 g/mol. The van der Waals surface area contributed by atoms with Crippen LogP contribution in [0.2, 0.25) is 0 Å². The summed E-state index contributed by atoms with van der Waals surface area (Å²) in [6, 6.07) is 8.92. The van der Waals surface area contributed by atoms with Gasteiger partial charge >= 0.3 is 6.01 Å². The maximum Gasteiger partial charge on any atom is 0.324 e. The Hall–Kier alpha value is -3.00. The molecule has 2 fully saturated rings. The lowest BCUT2D eigenvalue weighted by molar-refractivity contribution is 0.151. The highest BCUT2D eigenvalue weighted by molar-refractivity contribution is 5.62. The van der Waals surface area contributed by atoms with Crippen molar-refractivity contribution in [1.29, 1.82) is 0 Å². The molecule has 0 bridgehead atoms. The van der Waals surface area contributed by atoms with Gasteiger partial charge in [-0.05, 0) is 49.7 Å². The number of nitrogen functional groups attached to an aromatic ring is 1. The van der Waals surface area contributed by atoms with Gasteiger partial charge in [0.25, 0.3) is 0 Å². The van der Waals surface area contributed by atoms with Crippen molar-refractivity contribution in [2.75, 3.05) is 23.7 Å². The Morgan fingerprint density at radius 3 is 2.50 bits per heavy atom. The molecule has 2 atom stereocenters. The maximum absolute atomic E-state index is 9.97. The summed E-state index contributed by atoms with van der Waals surface area (Å²) < 4.78 is 5.63. The van der Waals surface area contributed by atoms with Crippen molar-refractivity contribution in [3.8, 4) is 11.1 Å². The van der Waals surface area contributed by atoms with Gasteiger partial charge in [-0.15, -0.1) is 0 Å². The van der Waals surface area contributed by atoms with E-state index in [0.29, 0.717) is 24.3 Å². The predicted octanol–water partition coefficient (Wildman–Crippen LogP) is 2.79. The number of nitrogens with zero attached hydrogens (tertiary/aromatic N) is 5. The average molecular weight is 406 g/mol. The lowest BCUT2D eigenvalue weighted by Crippen LogP contribution is -2.38. The molecule has 1 aliphatic carbocycles. The van der Waals surface area contributed by atoms with Crippen molar-refractivity contribution in [2.45, 2.75) is 44.1 Å². The average Bonchev–Trinajstić information content (AvgIpc) is 3.51. The first-order valence-corrected chi connectivity index (χ1v) is 10.5. The van der Waals surface area contributed by atoms with Gasteiger partial charge in [0, 0.05) is 31.0 Å². The van der Waals surface area contributed by atoms with Crippen molar-refractivity contribution >= 4 is 12.0 Å². The molecule has 0 spiro atoms. The lowest BCUT2D eigenvalue weighted by Gasteiger charge is -2.28. The van der Waals surface area contributed by atoms with Gasteiger partial charge < -0.3 is 20.3 Å². The van der Waals surface area contributed by atoms with Crippen LogP contribution < -0.4 is 10.6 Å². The highest BCUT2D eigenvalue weighted by Gasteiger charge is 2.47. The fourth-order valence-electron chi connectivity index (χ4n) is 4.39. The molecule has 0 radical (unpaired) electrons. The lowest BCUT2D eigenvalue weighted by atomic mass is 9.77. The van der Waals surface area contributed by atoms with E-state index in [9.17, 15) is 5.11 Å². The number of benzene rings is 1. The summed E-state index contributed by atoms with van der Waals surface area (Å²) in [5, 5.41) is 14.3. The number of aliphatic hydroxyl groups is 1. The fourth-order valence-corrected chi connectivity index (χ4v) is 4.39. The van der Waals surface area contributed by atoms with Crippen LogP contribution in [-0.2, 0) is 5.41 Å². The van der Waals surface area contributed by atoms with Crippen LogP contribution in [0.1, 0.15) is 44.0 Å². The van der Waals surface area contributed by atoms with E-state index in [0.717, 1.165) is 48.9 Å². The topological polar surface area (TPSA) is 114 Å². The van der Waals surface area contributed by atoms with Crippen LogP contribution in [0.15, 0.2) is 41.2 Å². The molecule has 156 valence electrons. The van der Waals surface area contributed by atoms with E-state index in [2.05, 4.69) is 46.3 Å². The van der Waals surface area contributed by atoms with Gasteiger partial charge in [0.2, 0.25) is 5.95 Å². The van der Waals surface area contributed by atoms with E-state index < -0.39 is 0 Å². The molecular formula is C22H26N6O2. The van der Waals surface area contributed by atoms with Gasteiger partial charge in [-0.2, -0.15) is 4.98 Å². The Kier molecular flexibility index (Phi) is 4.66. The minimum Gasteiger partial charge on any atom is -0.391 e. The Balaban J connectivity index is 1.44. The molecular weight excluding hydrogens is 380 g/mol. The van der Waals surface area contributed by atoms with Crippen molar-refractivity contribution in [2.24, 2.45) is 5.92 Å². The molecule has 3 N–H and O–H groups in total. The second-order valence-corrected chi connectivity index (χ2v) is 8.53. The molecule has 1 saturated heterocycles. The van der Waals surface area contributed by atoms with Crippen molar-refractivity contribution < 1.29 is 9.63 Å². The molecule has 2 aliphatic rings. The molecule has 1 aliphatic heterocycles. The second-order valence-electron chi connectivity index (χ2n) is 8.53. The molecule has 30 heavy (non-hydrogen) atoms. The van der Waals surface area contributed by atoms with Gasteiger partial charge in [-0.3, -0.25) is 0 Å². The number of hydrogen-bond acceptors (Lipinski definition) is 8. The summed E-state index contributed by atoms with van der Waals surface area (Å²) in [5.74, 6) is 1.47. The number of anilines is 2. The maximum atomic E-state index is 9.97. The van der Waals surface area contributed by atoms with E-state index in [-0.39, 0.29) is 17.5 Å². The van der Waals surface area contributed by atoms with Crippen LogP contribution in [0.3, 0.4) is 0 Å². The second kappa shape index (κ2) is 7.36. The van der Waals surface area contributed by atoms with Crippen LogP contribution in [0.25, 0.3) is 11.1 Å². The summed E-state index contributed by atoms with van der Waals surface area (Å²) in [6.07, 6.45) is 7.17. The van der Waals surface area contributed by atoms with Crippen LogP contribution >= 0.6 is 0 Å². The summed E-state index contributed by atoms with van der Waals surface area (Å²) in [4.78, 5) is 14.9. The van der Waals surface area contributed by atoms with Gasteiger partial charge in [-0.1, -0.05) is 29.4 Å². The van der Waals surface area contributed by atoms with Crippen molar-refractivity contribution in [3.05, 3.63) is 48.0 Å². The van der Waals surface area contributed by atoms with Gasteiger partial charge in [0.05, 0.1) is 11.5 Å². The smallest absolute Gasteiger partial charge is 0.324 e. The quantitative estimate of drug-likeness (QED) is 0.665. The highest BCUT2D eigenvalue weighted by Crippen LogP contribution is 2.50. The van der Waals surface area contributed by atoms with Crippen LogP contribution in [0.4, 0.5) is 12.0 Å². The van der Waals surface area contributed by atoms with E-state index in [1.165, 1.54) is 0 Å². The standard InChI is InChI=1S/C22H26N6O2/c1-22(17-8-9-17,19-26-21(30-27-19)28-10-2-3-18(29)13-28)16-6-4-14(5-7-16)15-11-24-20(23)25-12-15/h4-7,11-12,17-18,29H,2-3,8-10,13H2,1H3,(H2,23,24,25)/t18-,22?/m0/s1. The minimum atomic E-state index is -0.339. The van der Waals surface area contributed by atoms with Gasteiger partial charge in [-0.25, -0.2) is 9.97 Å². The number of aromatic nitrogens is 4. The number of nitrogens with two attached hydrogens (primary N) is 1. The molecule has 1 unspecified atom stereocenters. The van der Waals surface area contributed by atoms with E-state index in [1.807, 2.05) is 4.90 Å². The number of aliphatic hydroxyl groups excluding tert-OH is 1. The van der Waals surface area contributed by atoms with E-state index in [4.69, 9.17) is 15.2 Å². The predicted molar refractivity (Wildman–Crippen MR) is 113 cm³/mol. The Bertz CT molecular complexity index is 1010. The minimum absolute atomic E-state index is 0.269. The Morgan fingerprint density at radius 2 is 1.83 bits per heavy atom. The first-order valence-electron chi connectivity index (χ1n) is 10.5. The molecule has 2 aromatic heterocycles. The normalized spacial score (nSPS) is 21.4. The molecule has 5 rings (SSSR count). The SMILES string of the molecule is CC(c1ccc(-c2cnc(N)nc2)cc1)(c1noc(N2CCC[C@H](O)C2)n1)C1CC1.